The number of fused-ring (bicyclic) bond motifs is 2. The van der Waals surface area contributed by atoms with Crippen molar-refractivity contribution in [2.45, 2.75) is 44.2 Å². The molecule has 21 heavy (non-hydrogen) atoms. The average molecular weight is 304 g/mol. The number of thioether (sulfide) groups is 1. The minimum Gasteiger partial charge on any atom is -0.373 e. The molecular weight excluding hydrogens is 280 g/mol. The van der Waals surface area contributed by atoms with Gasteiger partial charge in [0.1, 0.15) is 5.60 Å². The Morgan fingerprint density at radius 3 is 3.24 bits per heavy atom. The van der Waals surface area contributed by atoms with E-state index in [0.29, 0.717) is 6.04 Å². The first-order chi connectivity index (χ1) is 10.3. The van der Waals surface area contributed by atoms with E-state index in [4.69, 9.17) is 4.74 Å². The van der Waals surface area contributed by atoms with Gasteiger partial charge in [-0.15, -0.1) is 0 Å². The van der Waals surface area contributed by atoms with Gasteiger partial charge in [-0.1, -0.05) is 24.8 Å². The second kappa shape index (κ2) is 5.18. The fourth-order valence-corrected chi connectivity index (χ4v) is 5.64. The zero-order chi connectivity index (χ0) is 14.4. The zero-order valence-corrected chi connectivity index (χ0v) is 13.8. The molecule has 2 unspecified atom stereocenters. The van der Waals surface area contributed by atoms with Gasteiger partial charge in [0.2, 0.25) is 0 Å². The van der Waals surface area contributed by atoms with Crippen LogP contribution >= 0.6 is 11.8 Å². The molecule has 0 aromatic carbocycles. The summed E-state index contributed by atoms with van der Waals surface area (Å²) in [6.45, 7) is 5.53. The number of rotatable bonds is 2. The molecule has 3 nitrogen and oxygen atoms in total. The molecule has 0 radical (unpaired) electrons. The van der Waals surface area contributed by atoms with Crippen molar-refractivity contribution in [3.63, 3.8) is 0 Å². The first-order valence-corrected chi connectivity index (χ1v) is 9.00. The first kappa shape index (κ1) is 13.9. The van der Waals surface area contributed by atoms with Crippen LogP contribution in [-0.2, 0) is 4.74 Å². The topological polar surface area (TPSA) is 24.5 Å². The van der Waals surface area contributed by atoms with E-state index in [2.05, 4.69) is 28.6 Å². The Kier molecular flexibility index (Phi) is 3.43. The number of nitrogens with zero attached hydrogens (tertiary/aromatic N) is 1. The number of hydrogen-bond acceptors (Lipinski definition) is 4. The molecule has 1 aliphatic carbocycles. The smallest absolute Gasteiger partial charge is 0.101 e. The van der Waals surface area contributed by atoms with Crippen LogP contribution in [0.4, 0.5) is 0 Å². The highest BCUT2D eigenvalue weighted by molar-refractivity contribution is 8.06. The first-order valence-electron chi connectivity index (χ1n) is 8.12. The maximum Gasteiger partial charge on any atom is 0.101 e. The number of allylic oxidation sites excluding steroid dienone is 1. The highest BCUT2D eigenvalue weighted by Gasteiger charge is 2.47. The third kappa shape index (κ3) is 1.89. The standard InChI is InChI=1S/C17H24N2OS/c1-3-17(20-2)7-5-12-13-11-18-8-6-14(13)19-9-4-10-21-16(17)15(12)19/h4,10,14,18H,3,5-9,11H2,1-2H3. The molecule has 3 aliphatic heterocycles. The summed E-state index contributed by atoms with van der Waals surface area (Å²) in [5.74, 6) is 0. The summed E-state index contributed by atoms with van der Waals surface area (Å²) in [5.41, 5.74) is 4.73. The van der Waals surface area contributed by atoms with Gasteiger partial charge in [-0.05, 0) is 48.8 Å². The number of ether oxygens (including phenoxy) is 1. The average Bonchev–Trinajstić information content (AvgIpc) is 2.70. The SMILES string of the molecule is CCC1(OC)CCC2=C3CNCCC3N3CC=CSC1=C23. The van der Waals surface area contributed by atoms with E-state index in [9.17, 15) is 0 Å². The molecule has 0 saturated carbocycles. The number of methoxy groups -OCH3 is 1. The maximum atomic E-state index is 6.05. The van der Waals surface area contributed by atoms with Crippen LogP contribution in [0.2, 0.25) is 0 Å². The normalized spacial score (nSPS) is 35.0. The quantitative estimate of drug-likeness (QED) is 0.847. The van der Waals surface area contributed by atoms with Gasteiger partial charge in [0.15, 0.2) is 0 Å². The summed E-state index contributed by atoms with van der Waals surface area (Å²) >= 11 is 1.89. The summed E-state index contributed by atoms with van der Waals surface area (Å²) in [5, 5.41) is 5.84. The lowest BCUT2D eigenvalue weighted by molar-refractivity contribution is 0.0137. The Balaban J connectivity index is 1.90. The van der Waals surface area contributed by atoms with Crippen molar-refractivity contribution in [3.8, 4) is 0 Å². The second-order valence-corrected chi connectivity index (χ2v) is 7.27. The van der Waals surface area contributed by atoms with Gasteiger partial charge in [0.25, 0.3) is 0 Å². The number of piperidine rings is 1. The summed E-state index contributed by atoms with van der Waals surface area (Å²) in [4.78, 5) is 4.12. The lowest BCUT2D eigenvalue weighted by atomic mass is 9.82. The Bertz CT molecular complexity index is 545. The molecular formula is C17H24N2OS. The Morgan fingerprint density at radius 2 is 2.43 bits per heavy atom. The van der Waals surface area contributed by atoms with Crippen LogP contribution in [0.3, 0.4) is 0 Å². The van der Waals surface area contributed by atoms with Crippen molar-refractivity contribution in [2.75, 3.05) is 26.7 Å². The van der Waals surface area contributed by atoms with Gasteiger partial charge in [0.05, 0.1) is 11.7 Å². The molecule has 3 heterocycles. The van der Waals surface area contributed by atoms with E-state index in [-0.39, 0.29) is 5.60 Å². The lowest BCUT2D eigenvalue weighted by Gasteiger charge is -2.40. The Morgan fingerprint density at radius 1 is 1.52 bits per heavy atom. The van der Waals surface area contributed by atoms with Crippen LogP contribution in [0.5, 0.6) is 0 Å². The van der Waals surface area contributed by atoms with E-state index in [0.717, 1.165) is 32.5 Å². The van der Waals surface area contributed by atoms with Crippen LogP contribution in [-0.4, -0.2) is 43.3 Å². The second-order valence-electron chi connectivity index (χ2n) is 6.36. The molecule has 1 N–H and O–H groups in total. The van der Waals surface area contributed by atoms with E-state index < -0.39 is 0 Å². The molecule has 4 rings (SSSR count). The van der Waals surface area contributed by atoms with Crippen molar-refractivity contribution >= 4 is 11.8 Å². The minimum absolute atomic E-state index is 0.0715. The summed E-state index contributed by atoms with van der Waals surface area (Å²) < 4.78 is 6.05. The molecule has 0 spiro atoms. The van der Waals surface area contributed by atoms with Crippen molar-refractivity contribution in [1.82, 2.24) is 10.2 Å². The highest BCUT2D eigenvalue weighted by atomic mass is 32.2. The summed E-state index contributed by atoms with van der Waals surface area (Å²) in [7, 11) is 1.89. The largest absolute Gasteiger partial charge is 0.373 e. The van der Waals surface area contributed by atoms with Gasteiger partial charge < -0.3 is 15.0 Å². The minimum atomic E-state index is -0.0715. The van der Waals surface area contributed by atoms with Crippen molar-refractivity contribution in [3.05, 3.63) is 33.2 Å². The molecule has 0 aromatic rings. The summed E-state index contributed by atoms with van der Waals surface area (Å²) in [6.07, 6.45) is 6.91. The Hall–Kier alpha value is -0.710. The molecule has 4 heteroatoms. The van der Waals surface area contributed by atoms with Crippen molar-refractivity contribution < 1.29 is 4.74 Å². The molecule has 0 amide bonds. The fourth-order valence-electron chi connectivity index (χ4n) is 4.42. The molecule has 2 atom stereocenters. The maximum absolute atomic E-state index is 6.05. The van der Waals surface area contributed by atoms with Crippen LogP contribution < -0.4 is 5.32 Å². The van der Waals surface area contributed by atoms with Crippen LogP contribution in [0, 0.1) is 0 Å². The molecule has 1 saturated heterocycles. The van der Waals surface area contributed by atoms with Gasteiger partial charge >= 0.3 is 0 Å². The third-order valence-corrected chi connectivity index (χ3v) is 6.73. The van der Waals surface area contributed by atoms with Crippen molar-refractivity contribution in [2.24, 2.45) is 0 Å². The predicted molar refractivity (Wildman–Crippen MR) is 88.0 cm³/mol. The van der Waals surface area contributed by atoms with Crippen LogP contribution in [0.15, 0.2) is 33.2 Å². The lowest BCUT2D eigenvalue weighted by Crippen LogP contribution is -2.41. The number of hydrogen-bond donors (Lipinski definition) is 1. The van der Waals surface area contributed by atoms with E-state index in [1.807, 2.05) is 18.9 Å². The fraction of sp³-hybridized carbons (Fsp3) is 0.647. The van der Waals surface area contributed by atoms with Crippen LogP contribution in [0.25, 0.3) is 0 Å². The van der Waals surface area contributed by atoms with Gasteiger partial charge in [-0.2, -0.15) is 0 Å². The Labute approximate surface area is 131 Å². The monoisotopic (exact) mass is 304 g/mol. The van der Waals surface area contributed by atoms with E-state index >= 15 is 0 Å². The van der Waals surface area contributed by atoms with Crippen LogP contribution in [0.1, 0.15) is 32.6 Å². The zero-order valence-electron chi connectivity index (χ0n) is 12.9. The van der Waals surface area contributed by atoms with Gasteiger partial charge in [-0.3, -0.25) is 0 Å². The van der Waals surface area contributed by atoms with E-state index in [1.54, 1.807) is 11.1 Å². The molecule has 1 fully saturated rings. The predicted octanol–water partition coefficient (Wildman–Crippen LogP) is 3.02. The third-order valence-electron chi connectivity index (χ3n) is 5.60. The molecule has 0 bridgehead atoms. The van der Waals surface area contributed by atoms with Crippen molar-refractivity contribution in [1.29, 1.82) is 0 Å². The summed E-state index contributed by atoms with van der Waals surface area (Å²) in [6, 6.07) is 0.624. The highest BCUT2D eigenvalue weighted by Crippen LogP contribution is 2.53. The molecule has 114 valence electrons. The molecule has 4 aliphatic rings. The number of nitrogens with one attached hydrogen (secondary N) is 1. The van der Waals surface area contributed by atoms with Gasteiger partial charge in [0, 0.05) is 25.1 Å². The molecule has 0 aromatic heterocycles. The van der Waals surface area contributed by atoms with E-state index in [1.165, 1.54) is 23.4 Å². The van der Waals surface area contributed by atoms with Gasteiger partial charge in [-0.25, -0.2) is 0 Å².